The van der Waals surface area contributed by atoms with Crippen LogP contribution >= 0.6 is 11.8 Å². The fraction of sp³-hybridized carbons (Fsp3) is 0.522. The summed E-state index contributed by atoms with van der Waals surface area (Å²) in [6.07, 6.45) is 2.76. The Bertz CT molecular complexity index is 893. The maximum atomic E-state index is 13.1. The van der Waals surface area contributed by atoms with E-state index in [1.807, 2.05) is 6.07 Å². The largest absolute Gasteiger partial charge is 0.481 e. The van der Waals surface area contributed by atoms with E-state index in [-0.39, 0.29) is 18.7 Å². The van der Waals surface area contributed by atoms with E-state index >= 15 is 0 Å². The lowest BCUT2D eigenvalue weighted by atomic mass is 10.0. The molecule has 0 bridgehead atoms. The van der Waals surface area contributed by atoms with E-state index in [2.05, 4.69) is 21.3 Å². The van der Waals surface area contributed by atoms with Gasteiger partial charge in [0, 0.05) is 6.42 Å². The van der Waals surface area contributed by atoms with Crippen LogP contribution in [-0.4, -0.2) is 82.6 Å². The Balaban J connectivity index is 2.16. The first-order valence-corrected chi connectivity index (χ1v) is 12.7. The third-order valence-corrected chi connectivity index (χ3v) is 6.17. The normalized spacial score (nSPS) is 17.6. The smallest absolute Gasteiger partial charge is 0.326 e. The molecule has 1 aromatic rings. The van der Waals surface area contributed by atoms with Gasteiger partial charge in [0.25, 0.3) is 0 Å². The summed E-state index contributed by atoms with van der Waals surface area (Å²) in [6, 6.07) is 4.69. The standard InChI is InChI=1S/C23H32N4O7S/c1-35-11-9-16(23(33)34)25-22(32)18(13-19(28)29)27-21(31)17(12-14-6-3-2-4-7-14)26-20(30)15-8-5-10-24-15/h2-4,6-7,15-18,24H,5,8-13H2,1H3,(H,25,32)(H,26,30)(H,27,31)(H,28,29)(H,33,34). The lowest BCUT2D eigenvalue weighted by Crippen LogP contribution is -2.58. The minimum Gasteiger partial charge on any atom is -0.481 e. The van der Waals surface area contributed by atoms with Gasteiger partial charge in [-0.3, -0.25) is 19.2 Å². The Morgan fingerprint density at radius 3 is 2.23 bits per heavy atom. The number of hydrogen-bond donors (Lipinski definition) is 6. The predicted molar refractivity (Wildman–Crippen MR) is 130 cm³/mol. The third-order valence-electron chi connectivity index (χ3n) is 5.53. The van der Waals surface area contributed by atoms with Gasteiger partial charge in [-0.05, 0) is 43.4 Å². The zero-order valence-electron chi connectivity index (χ0n) is 19.5. The molecule has 0 radical (unpaired) electrons. The van der Waals surface area contributed by atoms with Gasteiger partial charge >= 0.3 is 11.9 Å². The van der Waals surface area contributed by atoms with Crippen LogP contribution in [0.5, 0.6) is 0 Å². The zero-order chi connectivity index (χ0) is 25.8. The van der Waals surface area contributed by atoms with Crippen LogP contribution in [0.4, 0.5) is 0 Å². The predicted octanol–water partition coefficient (Wildman–Crippen LogP) is -0.252. The number of carbonyl (C=O) groups is 5. The van der Waals surface area contributed by atoms with Crippen molar-refractivity contribution in [1.82, 2.24) is 21.3 Å². The van der Waals surface area contributed by atoms with E-state index in [0.717, 1.165) is 12.0 Å². The van der Waals surface area contributed by atoms with Crippen molar-refractivity contribution in [3.8, 4) is 0 Å². The molecule has 2 rings (SSSR count). The van der Waals surface area contributed by atoms with Crippen molar-refractivity contribution in [2.24, 2.45) is 0 Å². The van der Waals surface area contributed by atoms with Crippen LogP contribution in [0, 0.1) is 0 Å². The molecule has 1 saturated heterocycles. The molecular weight excluding hydrogens is 476 g/mol. The molecule has 1 heterocycles. The lowest BCUT2D eigenvalue weighted by Gasteiger charge is -2.24. The maximum absolute atomic E-state index is 13.1. The molecule has 192 valence electrons. The number of aliphatic carboxylic acids is 2. The molecule has 1 aliphatic heterocycles. The monoisotopic (exact) mass is 508 g/mol. The second-order valence-corrected chi connectivity index (χ2v) is 9.23. The van der Waals surface area contributed by atoms with Gasteiger partial charge in [-0.1, -0.05) is 30.3 Å². The highest BCUT2D eigenvalue weighted by atomic mass is 32.2. The van der Waals surface area contributed by atoms with Gasteiger partial charge < -0.3 is 31.5 Å². The summed E-state index contributed by atoms with van der Waals surface area (Å²) >= 11 is 1.40. The summed E-state index contributed by atoms with van der Waals surface area (Å²) in [6.45, 7) is 0.690. The fourth-order valence-electron chi connectivity index (χ4n) is 3.66. The first-order chi connectivity index (χ1) is 16.7. The Morgan fingerprint density at radius 2 is 1.66 bits per heavy atom. The van der Waals surface area contributed by atoms with Crippen molar-refractivity contribution in [3.63, 3.8) is 0 Å². The number of thioether (sulfide) groups is 1. The van der Waals surface area contributed by atoms with Crippen LogP contribution in [0.3, 0.4) is 0 Å². The molecule has 0 saturated carbocycles. The van der Waals surface area contributed by atoms with Crippen LogP contribution < -0.4 is 21.3 Å². The molecule has 1 fully saturated rings. The van der Waals surface area contributed by atoms with E-state index in [0.29, 0.717) is 18.7 Å². The van der Waals surface area contributed by atoms with Gasteiger partial charge in [0.2, 0.25) is 17.7 Å². The molecule has 0 aromatic heterocycles. The van der Waals surface area contributed by atoms with E-state index in [1.165, 1.54) is 11.8 Å². The molecule has 4 atom stereocenters. The Kier molecular flexibility index (Phi) is 11.5. The van der Waals surface area contributed by atoms with Crippen molar-refractivity contribution < 1.29 is 34.2 Å². The van der Waals surface area contributed by atoms with Crippen LogP contribution in [0.15, 0.2) is 30.3 Å². The third kappa shape index (κ3) is 9.57. The van der Waals surface area contributed by atoms with E-state index in [4.69, 9.17) is 0 Å². The minimum absolute atomic E-state index is 0.123. The molecule has 0 aliphatic carbocycles. The number of carboxylic acids is 2. The van der Waals surface area contributed by atoms with Crippen molar-refractivity contribution in [2.75, 3.05) is 18.6 Å². The number of benzene rings is 1. The van der Waals surface area contributed by atoms with Gasteiger partial charge in [-0.2, -0.15) is 11.8 Å². The van der Waals surface area contributed by atoms with Crippen LogP contribution in [0.25, 0.3) is 0 Å². The molecule has 0 spiro atoms. The molecule has 11 nitrogen and oxygen atoms in total. The zero-order valence-corrected chi connectivity index (χ0v) is 20.3. The van der Waals surface area contributed by atoms with Crippen molar-refractivity contribution >= 4 is 41.4 Å². The second-order valence-electron chi connectivity index (χ2n) is 8.24. The number of nitrogens with one attached hydrogen (secondary N) is 4. The summed E-state index contributed by atoms with van der Waals surface area (Å²) in [5.41, 5.74) is 0.759. The van der Waals surface area contributed by atoms with E-state index in [9.17, 15) is 34.2 Å². The number of rotatable bonds is 14. The molecule has 1 aromatic carbocycles. The van der Waals surface area contributed by atoms with Gasteiger partial charge in [0.15, 0.2) is 0 Å². The average molecular weight is 509 g/mol. The minimum atomic E-state index is -1.52. The van der Waals surface area contributed by atoms with Crippen LogP contribution in [0.2, 0.25) is 0 Å². The Morgan fingerprint density at radius 1 is 1.00 bits per heavy atom. The van der Waals surface area contributed by atoms with Gasteiger partial charge in [0.05, 0.1) is 12.5 Å². The van der Waals surface area contributed by atoms with E-state index < -0.39 is 54.3 Å². The van der Waals surface area contributed by atoms with E-state index in [1.54, 1.807) is 30.5 Å². The second kappa shape index (κ2) is 14.3. The molecule has 35 heavy (non-hydrogen) atoms. The number of hydrogen-bond acceptors (Lipinski definition) is 7. The molecule has 1 aliphatic rings. The van der Waals surface area contributed by atoms with Crippen molar-refractivity contribution in [3.05, 3.63) is 35.9 Å². The molecule has 6 N–H and O–H groups in total. The van der Waals surface area contributed by atoms with Gasteiger partial charge in [0.1, 0.15) is 18.1 Å². The van der Waals surface area contributed by atoms with Gasteiger partial charge in [-0.25, -0.2) is 4.79 Å². The first-order valence-electron chi connectivity index (χ1n) is 11.3. The summed E-state index contributed by atoms with van der Waals surface area (Å²) in [4.78, 5) is 61.4. The van der Waals surface area contributed by atoms with Gasteiger partial charge in [-0.15, -0.1) is 0 Å². The molecule has 12 heteroatoms. The summed E-state index contributed by atoms with van der Waals surface area (Å²) in [5.74, 6) is -4.16. The Labute approximate surface area is 207 Å². The summed E-state index contributed by atoms with van der Waals surface area (Å²) < 4.78 is 0. The first kappa shape index (κ1) is 28.1. The quantitative estimate of drug-likeness (QED) is 0.198. The number of amides is 3. The highest BCUT2D eigenvalue weighted by molar-refractivity contribution is 7.98. The molecule has 4 unspecified atom stereocenters. The summed E-state index contributed by atoms with van der Waals surface area (Å²) in [5, 5.41) is 29.1. The molecule has 3 amide bonds. The molecular formula is C23H32N4O7S. The van der Waals surface area contributed by atoms with Crippen molar-refractivity contribution in [1.29, 1.82) is 0 Å². The average Bonchev–Trinajstić information content (AvgIpc) is 3.36. The summed E-state index contributed by atoms with van der Waals surface area (Å²) in [7, 11) is 0. The fourth-order valence-corrected chi connectivity index (χ4v) is 4.13. The maximum Gasteiger partial charge on any atom is 0.326 e. The number of carbonyl (C=O) groups excluding carboxylic acids is 3. The Hall–Kier alpha value is -3.12. The topological polar surface area (TPSA) is 174 Å². The lowest BCUT2D eigenvalue weighted by molar-refractivity contribution is -0.143. The van der Waals surface area contributed by atoms with Crippen LogP contribution in [-0.2, 0) is 30.4 Å². The highest BCUT2D eigenvalue weighted by Crippen LogP contribution is 2.09. The van der Waals surface area contributed by atoms with Crippen molar-refractivity contribution in [2.45, 2.75) is 56.3 Å². The highest BCUT2D eigenvalue weighted by Gasteiger charge is 2.32. The SMILES string of the molecule is CSCCC(NC(=O)C(CC(=O)O)NC(=O)C(Cc1ccccc1)NC(=O)C1CCCN1)C(=O)O. The number of carboxylic acid groups (broad SMARTS) is 2. The van der Waals surface area contributed by atoms with Crippen LogP contribution in [0.1, 0.15) is 31.2 Å².